The predicted molar refractivity (Wildman–Crippen MR) is 136 cm³/mol. The molecule has 6 heteroatoms. The van der Waals surface area contributed by atoms with E-state index in [0.717, 1.165) is 37.1 Å². The lowest BCUT2D eigenvalue weighted by Crippen LogP contribution is -2.22. The molecule has 4 bridgehead atoms. The summed E-state index contributed by atoms with van der Waals surface area (Å²) in [5.41, 5.74) is 1.87. The molecule has 0 radical (unpaired) electrons. The third kappa shape index (κ3) is 11.3. The van der Waals surface area contributed by atoms with Gasteiger partial charge in [0.15, 0.2) is 0 Å². The molecule has 1 aromatic rings. The Labute approximate surface area is 211 Å². The largest absolute Gasteiger partial charge is 0.379 e. The van der Waals surface area contributed by atoms with Crippen LogP contribution in [0.15, 0.2) is 18.2 Å². The normalized spacial score (nSPS) is 26.1. The molecule has 196 valence electrons. The molecule has 1 aromatic heterocycles. The van der Waals surface area contributed by atoms with Gasteiger partial charge in [0.2, 0.25) is 0 Å². The summed E-state index contributed by atoms with van der Waals surface area (Å²) < 4.78 is 17.1. The number of aromatic nitrogens is 1. The summed E-state index contributed by atoms with van der Waals surface area (Å²) >= 11 is 0. The summed E-state index contributed by atoms with van der Waals surface area (Å²) in [6, 6.07) is 6.05. The van der Waals surface area contributed by atoms with E-state index in [0.29, 0.717) is 89.7 Å². The first-order valence-corrected chi connectivity index (χ1v) is 14.0. The molecule has 0 N–H and O–H groups in total. The predicted octanol–water partition coefficient (Wildman–Crippen LogP) is 5.30. The van der Waals surface area contributed by atoms with E-state index in [2.05, 4.69) is 0 Å². The number of ether oxygens (including phenoxy) is 3. The van der Waals surface area contributed by atoms with Crippen LogP contribution in [0, 0.1) is 11.8 Å². The first-order chi connectivity index (χ1) is 17.2. The molecular formula is C29H45NO5. The van der Waals surface area contributed by atoms with E-state index in [4.69, 9.17) is 19.2 Å². The topological polar surface area (TPSA) is 74.7 Å². The second-order valence-electron chi connectivity index (χ2n) is 10.1. The number of rotatable bonds is 0. The molecule has 3 rings (SSSR count). The van der Waals surface area contributed by atoms with Crippen LogP contribution in [-0.4, -0.2) is 56.2 Å². The number of carbonyl (C=O) groups excluding carboxylic acids is 2. The number of ketones is 2. The first-order valence-electron chi connectivity index (χ1n) is 14.0. The Morgan fingerprint density at radius 2 is 0.971 bits per heavy atom. The zero-order valence-corrected chi connectivity index (χ0v) is 21.5. The van der Waals surface area contributed by atoms with Gasteiger partial charge in [0, 0.05) is 49.3 Å². The Balaban J connectivity index is 1.78. The Hall–Kier alpha value is -1.63. The van der Waals surface area contributed by atoms with Gasteiger partial charge in [-0.15, -0.1) is 0 Å². The molecule has 35 heavy (non-hydrogen) atoms. The van der Waals surface area contributed by atoms with Gasteiger partial charge in [-0.05, 0) is 50.7 Å². The fourth-order valence-corrected chi connectivity index (χ4v) is 5.08. The molecule has 2 atom stereocenters. The Bertz CT molecular complexity index is 695. The zero-order valence-electron chi connectivity index (χ0n) is 21.5. The highest BCUT2D eigenvalue weighted by molar-refractivity contribution is 5.81. The molecule has 3 heterocycles. The van der Waals surface area contributed by atoms with Gasteiger partial charge in [0.1, 0.15) is 11.6 Å². The Kier molecular flexibility index (Phi) is 13.5. The first kappa shape index (κ1) is 27.9. The van der Waals surface area contributed by atoms with Crippen molar-refractivity contribution in [1.82, 2.24) is 4.98 Å². The molecule has 2 aliphatic rings. The number of fused-ring (bicyclic) bond motifs is 2. The summed E-state index contributed by atoms with van der Waals surface area (Å²) in [5, 5.41) is 0. The lowest BCUT2D eigenvalue weighted by molar-refractivity contribution is -0.124. The van der Waals surface area contributed by atoms with Crippen molar-refractivity contribution >= 4 is 11.6 Å². The SMILES string of the molecule is O=C1CCCCCCCCCCC(=O)C2CCOCCOCCOCCC1Cc1cccc(n1)C2. The van der Waals surface area contributed by atoms with E-state index in [9.17, 15) is 9.59 Å². The van der Waals surface area contributed by atoms with Crippen molar-refractivity contribution in [2.24, 2.45) is 11.8 Å². The third-order valence-electron chi connectivity index (χ3n) is 7.25. The van der Waals surface area contributed by atoms with Gasteiger partial charge in [-0.25, -0.2) is 0 Å². The molecule has 6 nitrogen and oxygen atoms in total. The minimum atomic E-state index is -0.0783. The Morgan fingerprint density at radius 1 is 0.571 bits per heavy atom. The van der Waals surface area contributed by atoms with E-state index in [-0.39, 0.29) is 11.8 Å². The summed E-state index contributed by atoms with van der Waals surface area (Å²) in [5.74, 6) is 0.500. The van der Waals surface area contributed by atoms with Gasteiger partial charge < -0.3 is 14.2 Å². The number of carbonyl (C=O) groups is 2. The number of Topliss-reactive ketones (excluding diaryl/α,β-unsaturated/α-hetero) is 2. The van der Waals surface area contributed by atoms with E-state index in [1.807, 2.05) is 18.2 Å². The van der Waals surface area contributed by atoms with E-state index >= 15 is 0 Å². The van der Waals surface area contributed by atoms with E-state index in [1.165, 1.54) is 25.7 Å². The smallest absolute Gasteiger partial charge is 0.136 e. The van der Waals surface area contributed by atoms with Crippen molar-refractivity contribution in [2.45, 2.75) is 89.9 Å². The maximum Gasteiger partial charge on any atom is 0.136 e. The van der Waals surface area contributed by atoms with Crippen molar-refractivity contribution < 1.29 is 23.8 Å². The van der Waals surface area contributed by atoms with Crippen molar-refractivity contribution in [3.8, 4) is 0 Å². The average Bonchev–Trinajstić information content (AvgIpc) is 2.85. The number of nitrogens with zero attached hydrogens (tertiary/aromatic N) is 1. The van der Waals surface area contributed by atoms with Crippen LogP contribution in [0.3, 0.4) is 0 Å². The molecule has 0 saturated heterocycles. The highest BCUT2D eigenvalue weighted by Gasteiger charge is 2.22. The van der Waals surface area contributed by atoms with Crippen LogP contribution in [0.2, 0.25) is 0 Å². The lowest BCUT2D eigenvalue weighted by atomic mass is 9.90. The molecule has 0 aliphatic carbocycles. The number of hydrogen-bond acceptors (Lipinski definition) is 6. The van der Waals surface area contributed by atoms with Crippen LogP contribution in [0.4, 0.5) is 0 Å². The van der Waals surface area contributed by atoms with E-state index in [1.54, 1.807) is 0 Å². The molecule has 0 amide bonds. The van der Waals surface area contributed by atoms with Gasteiger partial charge in [0.25, 0.3) is 0 Å². The summed E-state index contributed by atoms with van der Waals surface area (Å²) in [6.07, 6.45) is 12.9. The second kappa shape index (κ2) is 16.9. The minimum absolute atomic E-state index is 0.0783. The van der Waals surface area contributed by atoms with Gasteiger partial charge >= 0.3 is 0 Å². The van der Waals surface area contributed by atoms with Crippen LogP contribution >= 0.6 is 0 Å². The molecule has 2 aliphatic heterocycles. The maximum absolute atomic E-state index is 13.1. The average molecular weight is 488 g/mol. The fourth-order valence-electron chi connectivity index (χ4n) is 5.08. The maximum atomic E-state index is 13.1. The lowest BCUT2D eigenvalue weighted by Gasteiger charge is -2.18. The molecule has 0 saturated carbocycles. The van der Waals surface area contributed by atoms with Crippen LogP contribution in [0.25, 0.3) is 0 Å². The fraction of sp³-hybridized carbons (Fsp3) is 0.759. The van der Waals surface area contributed by atoms with Crippen molar-refractivity contribution in [3.63, 3.8) is 0 Å². The summed E-state index contributed by atoms with van der Waals surface area (Å²) in [7, 11) is 0. The quantitative estimate of drug-likeness (QED) is 0.495. The minimum Gasteiger partial charge on any atom is -0.379 e. The van der Waals surface area contributed by atoms with Crippen molar-refractivity contribution in [2.75, 3.05) is 39.6 Å². The van der Waals surface area contributed by atoms with Crippen LogP contribution in [-0.2, 0) is 36.6 Å². The van der Waals surface area contributed by atoms with Crippen LogP contribution in [0.5, 0.6) is 0 Å². The third-order valence-corrected chi connectivity index (χ3v) is 7.25. The molecular weight excluding hydrogens is 442 g/mol. The van der Waals surface area contributed by atoms with Gasteiger partial charge in [-0.3, -0.25) is 14.6 Å². The van der Waals surface area contributed by atoms with Crippen molar-refractivity contribution in [3.05, 3.63) is 29.6 Å². The molecule has 2 unspecified atom stereocenters. The number of hydrogen-bond donors (Lipinski definition) is 0. The van der Waals surface area contributed by atoms with Gasteiger partial charge in [0.05, 0.1) is 26.4 Å². The summed E-state index contributed by atoms with van der Waals surface area (Å²) in [6.45, 7) is 3.18. The second-order valence-corrected chi connectivity index (χ2v) is 10.1. The van der Waals surface area contributed by atoms with Gasteiger partial charge in [-0.1, -0.05) is 44.6 Å². The summed E-state index contributed by atoms with van der Waals surface area (Å²) in [4.78, 5) is 31.2. The standard InChI is InChI=1S/C29H45NO5/c31-28-12-7-5-3-1-2-4-6-8-13-29(32)25-15-17-34-19-21-35-20-18-33-16-14-24(28)22-26-10-9-11-27(23-25)30-26/h9-11,24-25H,1-8,12-23H2. The van der Waals surface area contributed by atoms with E-state index < -0.39 is 0 Å². The Morgan fingerprint density at radius 3 is 1.43 bits per heavy atom. The number of pyridine rings is 1. The highest BCUT2D eigenvalue weighted by Crippen LogP contribution is 2.21. The molecule has 0 fully saturated rings. The molecule has 0 aromatic carbocycles. The zero-order chi connectivity index (χ0) is 24.6. The van der Waals surface area contributed by atoms with Crippen LogP contribution in [0.1, 0.15) is 88.4 Å². The van der Waals surface area contributed by atoms with Crippen LogP contribution < -0.4 is 0 Å². The van der Waals surface area contributed by atoms with Gasteiger partial charge in [-0.2, -0.15) is 0 Å². The van der Waals surface area contributed by atoms with Crippen molar-refractivity contribution in [1.29, 1.82) is 0 Å². The monoisotopic (exact) mass is 487 g/mol. The molecule has 0 spiro atoms. The highest BCUT2D eigenvalue weighted by atomic mass is 16.5.